The Morgan fingerprint density at radius 3 is 2.70 bits per heavy atom. The zero-order valence-corrected chi connectivity index (χ0v) is 25.4. The van der Waals surface area contributed by atoms with E-state index in [-0.39, 0.29) is 13.0 Å². The highest BCUT2D eigenvalue weighted by Gasteiger charge is 2.24. The van der Waals surface area contributed by atoms with Crippen molar-refractivity contribution in [1.82, 2.24) is 30.0 Å². The first-order valence-electron chi connectivity index (χ1n) is 14.6. The molecule has 0 saturated carbocycles. The summed E-state index contributed by atoms with van der Waals surface area (Å²) in [7, 11) is 2.66. The van der Waals surface area contributed by atoms with Crippen molar-refractivity contribution in [3.05, 3.63) is 106 Å². The number of hydrogen-bond acceptors (Lipinski definition) is 7. The van der Waals surface area contributed by atoms with E-state index >= 15 is 0 Å². The molecule has 1 aliphatic carbocycles. The molecule has 2 aromatic heterocycles. The average Bonchev–Trinajstić information content (AvgIpc) is 3.37. The van der Waals surface area contributed by atoms with Crippen LogP contribution < -0.4 is 5.32 Å². The number of fused-ring (bicyclic) bond motifs is 2. The molecule has 1 unspecified atom stereocenters. The third-order valence-electron chi connectivity index (χ3n) is 7.61. The van der Waals surface area contributed by atoms with Crippen molar-refractivity contribution in [3.63, 3.8) is 0 Å². The van der Waals surface area contributed by atoms with Gasteiger partial charge in [-0.15, -0.1) is 10.2 Å². The van der Waals surface area contributed by atoms with Gasteiger partial charge in [-0.3, -0.25) is 14.7 Å². The number of amides is 1. The summed E-state index contributed by atoms with van der Waals surface area (Å²) in [4.78, 5) is 19.2. The second kappa shape index (κ2) is 15.5. The lowest BCUT2D eigenvalue weighted by Crippen LogP contribution is -2.36. The van der Waals surface area contributed by atoms with Gasteiger partial charge in [-0.25, -0.2) is 4.39 Å². The van der Waals surface area contributed by atoms with E-state index in [1.54, 1.807) is 19.4 Å². The zero-order chi connectivity index (χ0) is 30.8. The number of allylic oxidation sites excluding steroid dienone is 4. The first-order chi connectivity index (χ1) is 20.9. The second-order valence-electron chi connectivity index (χ2n) is 10.7. The highest BCUT2D eigenvalue weighted by atomic mass is 19.1. The van der Waals surface area contributed by atoms with Gasteiger partial charge in [0.15, 0.2) is 5.82 Å². The van der Waals surface area contributed by atoms with Crippen molar-refractivity contribution in [1.29, 1.82) is 0 Å². The van der Waals surface area contributed by atoms with Gasteiger partial charge in [0.1, 0.15) is 11.6 Å². The molecule has 230 valence electrons. The van der Waals surface area contributed by atoms with E-state index in [9.17, 15) is 9.18 Å². The zero-order valence-electron chi connectivity index (χ0n) is 25.4. The summed E-state index contributed by atoms with van der Waals surface area (Å²) in [5.41, 5.74) is 4.98. The summed E-state index contributed by atoms with van der Waals surface area (Å²) in [6.45, 7) is 6.83. The van der Waals surface area contributed by atoms with Crippen LogP contribution in [0, 0.1) is 12.7 Å². The van der Waals surface area contributed by atoms with Gasteiger partial charge in [-0.1, -0.05) is 24.3 Å². The Labute approximate surface area is 254 Å². The molecule has 6 rings (SSSR count). The Bertz CT molecular complexity index is 1490. The number of ether oxygens (including phenoxy) is 1. The number of nitrogens with zero attached hydrogens (tertiary/aromatic N) is 5. The van der Waals surface area contributed by atoms with Gasteiger partial charge in [0.25, 0.3) is 5.91 Å². The number of methoxy groups -OCH3 is 1. The van der Waals surface area contributed by atoms with Crippen molar-refractivity contribution in [2.24, 2.45) is 0 Å². The molecule has 43 heavy (non-hydrogen) atoms. The molecule has 2 N–H and O–H groups in total. The summed E-state index contributed by atoms with van der Waals surface area (Å²) in [5, 5.41) is 18.8. The van der Waals surface area contributed by atoms with E-state index in [2.05, 4.69) is 30.0 Å². The van der Waals surface area contributed by atoms with Crippen molar-refractivity contribution >= 4 is 11.5 Å². The van der Waals surface area contributed by atoms with Crippen LogP contribution in [-0.2, 0) is 30.7 Å². The number of carbonyl (C=O) groups is 1. The first kappa shape index (κ1) is 31.9. The molecule has 1 aromatic carbocycles. The van der Waals surface area contributed by atoms with Gasteiger partial charge >= 0.3 is 0 Å². The van der Waals surface area contributed by atoms with Crippen LogP contribution in [-0.4, -0.2) is 69.2 Å². The minimum atomic E-state index is -0.482. The number of aliphatic hydroxyl groups is 1. The number of benzene rings is 1. The van der Waals surface area contributed by atoms with Gasteiger partial charge in [-0.05, 0) is 80.2 Å². The van der Waals surface area contributed by atoms with Crippen molar-refractivity contribution < 1.29 is 20.5 Å². The van der Waals surface area contributed by atoms with Gasteiger partial charge in [0, 0.05) is 59.2 Å². The Kier molecular flexibility index (Phi) is 11.5. The van der Waals surface area contributed by atoms with E-state index < -0.39 is 11.7 Å². The van der Waals surface area contributed by atoms with Gasteiger partial charge in [0.2, 0.25) is 0 Å². The number of aliphatic hydroxyl groups excluding tert-OH is 1. The number of carbonyl (C=O) groups excluding carboxylic acids is 1. The molecule has 3 aromatic rings. The summed E-state index contributed by atoms with van der Waals surface area (Å²) in [5.74, 6) is 0.977. The largest absolute Gasteiger partial charge is 0.400 e. The smallest absolute Gasteiger partial charge is 0.254 e. The van der Waals surface area contributed by atoms with Gasteiger partial charge in [-0.2, -0.15) is 0 Å². The molecule has 9 nitrogen and oxygen atoms in total. The minimum absolute atomic E-state index is 0. The fourth-order valence-corrected chi connectivity index (χ4v) is 5.40. The highest BCUT2D eigenvalue weighted by Crippen LogP contribution is 2.26. The maximum Gasteiger partial charge on any atom is 0.254 e. The molecule has 0 radical (unpaired) electrons. The highest BCUT2D eigenvalue weighted by molar-refractivity contribution is 5.95. The Hall–Kier alpha value is -3.99. The summed E-state index contributed by atoms with van der Waals surface area (Å²) in [6.07, 6.45) is 13.6. The van der Waals surface area contributed by atoms with Gasteiger partial charge in [0.05, 0.1) is 18.3 Å². The van der Waals surface area contributed by atoms with E-state index in [1.807, 2.05) is 56.4 Å². The molecular formula is C33H43FN6O3. The lowest BCUT2D eigenvalue weighted by atomic mass is 9.96. The van der Waals surface area contributed by atoms with Crippen LogP contribution in [0.5, 0.6) is 0 Å². The van der Waals surface area contributed by atoms with Crippen LogP contribution in [0.1, 0.15) is 60.0 Å². The predicted octanol–water partition coefficient (Wildman–Crippen LogP) is 4.66. The molecule has 0 saturated heterocycles. The number of pyridine rings is 1. The van der Waals surface area contributed by atoms with E-state index in [0.29, 0.717) is 13.3 Å². The standard InChI is InChI=1S/C26H30FN5O2.C6H7N.CH4O.H2/c1-17-12-19(25-30-29-24-8-3-4-10-32(24)25)6-5-7-23(17)28-26(33)21-13-20-15-31(16-34-2)11-9-18(20)14-22(21)27;1-6-4-2-3-5-7-6;1-2;/h5-7,12-14,23H,3-4,8-11,15-16H2,1-2H3,(H,28,33);2-5H,1H3;2H,1H3;1H. The lowest BCUT2D eigenvalue weighted by Gasteiger charge is -2.28. The van der Waals surface area contributed by atoms with Crippen LogP contribution in [0.4, 0.5) is 4.39 Å². The van der Waals surface area contributed by atoms with Gasteiger partial charge < -0.3 is 19.7 Å². The molecule has 10 heteroatoms. The first-order valence-corrected chi connectivity index (χ1v) is 14.6. The molecule has 3 aliphatic rings. The minimum Gasteiger partial charge on any atom is -0.400 e. The average molecular weight is 591 g/mol. The normalized spacial score (nSPS) is 17.5. The Morgan fingerprint density at radius 2 is 1.98 bits per heavy atom. The maximum atomic E-state index is 14.9. The quantitative estimate of drug-likeness (QED) is 0.445. The monoisotopic (exact) mass is 590 g/mol. The predicted molar refractivity (Wildman–Crippen MR) is 167 cm³/mol. The summed E-state index contributed by atoms with van der Waals surface area (Å²) >= 11 is 0. The van der Waals surface area contributed by atoms with Crippen LogP contribution in [0.25, 0.3) is 5.57 Å². The molecule has 1 atom stereocenters. The summed E-state index contributed by atoms with van der Waals surface area (Å²) in [6, 6.07) is 8.71. The van der Waals surface area contributed by atoms with E-state index in [0.717, 1.165) is 85.5 Å². The maximum absolute atomic E-state index is 14.9. The topological polar surface area (TPSA) is 105 Å². The molecular weight excluding hydrogens is 547 g/mol. The van der Waals surface area contributed by atoms with Crippen LogP contribution in [0.15, 0.2) is 66.4 Å². The molecule has 0 bridgehead atoms. The van der Waals surface area contributed by atoms with Crippen LogP contribution >= 0.6 is 0 Å². The van der Waals surface area contributed by atoms with Crippen molar-refractivity contribution in [2.75, 3.05) is 27.5 Å². The number of halogens is 1. The van der Waals surface area contributed by atoms with E-state index in [4.69, 9.17) is 9.84 Å². The second-order valence-corrected chi connectivity index (χ2v) is 10.7. The molecule has 4 heterocycles. The number of nitrogens with one attached hydrogen (secondary N) is 1. The number of aromatic nitrogens is 4. The van der Waals surface area contributed by atoms with Crippen LogP contribution in [0.3, 0.4) is 0 Å². The van der Waals surface area contributed by atoms with Crippen molar-refractivity contribution in [3.8, 4) is 0 Å². The molecule has 2 aliphatic heterocycles. The molecule has 1 amide bonds. The Balaban J connectivity index is 0.000000461. The van der Waals surface area contributed by atoms with Crippen LogP contribution in [0.2, 0.25) is 0 Å². The Morgan fingerprint density at radius 1 is 1.14 bits per heavy atom. The number of rotatable bonds is 5. The molecule has 0 fully saturated rings. The fraction of sp³-hybridized carbons (Fsp3) is 0.394. The third-order valence-corrected chi connectivity index (χ3v) is 7.61. The SMILES string of the molecule is CO.COCN1CCc2cc(F)c(C(=O)NC3C=CC=C(c4nnc5n4CCCC5)C=C3C)cc2C1.Cc1ccccn1.[HH]. The molecule has 0 spiro atoms. The fourth-order valence-electron chi connectivity index (χ4n) is 5.40. The lowest BCUT2D eigenvalue weighted by molar-refractivity contribution is 0.0543. The third kappa shape index (κ3) is 8.10. The van der Waals surface area contributed by atoms with Crippen molar-refractivity contribution in [2.45, 2.75) is 58.7 Å². The van der Waals surface area contributed by atoms with E-state index in [1.165, 1.54) is 6.07 Å². The summed E-state index contributed by atoms with van der Waals surface area (Å²) < 4.78 is 22.3. The number of aryl methyl sites for hydroxylation is 2. The number of hydrogen-bond donors (Lipinski definition) is 2.